The van der Waals surface area contributed by atoms with Crippen molar-refractivity contribution in [3.63, 3.8) is 0 Å². The van der Waals surface area contributed by atoms with Crippen LogP contribution in [-0.4, -0.2) is 42.6 Å². The van der Waals surface area contributed by atoms with Crippen molar-refractivity contribution >= 4 is 11.3 Å². The van der Waals surface area contributed by atoms with E-state index in [0.717, 1.165) is 43.9 Å². The van der Waals surface area contributed by atoms with Crippen molar-refractivity contribution in [2.45, 2.75) is 31.6 Å². The lowest BCUT2D eigenvalue weighted by atomic mass is 10.1. The third-order valence-corrected chi connectivity index (χ3v) is 5.52. The van der Waals surface area contributed by atoms with Gasteiger partial charge < -0.3 is 19.3 Å². The number of aliphatic hydroxyl groups is 1. The summed E-state index contributed by atoms with van der Waals surface area (Å²) in [6.07, 6.45) is 1.92. The number of hydrogen-bond acceptors (Lipinski definition) is 6. The molecule has 1 aromatic carbocycles. The predicted molar refractivity (Wildman–Crippen MR) is 96.1 cm³/mol. The summed E-state index contributed by atoms with van der Waals surface area (Å²) in [5.41, 5.74) is 0.854. The van der Waals surface area contributed by atoms with Crippen LogP contribution >= 0.6 is 11.3 Å². The summed E-state index contributed by atoms with van der Waals surface area (Å²) in [6, 6.07) is 9.86. The summed E-state index contributed by atoms with van der Waals surface area (Å²) in [6.45, 7) is 3.34. The van der Waals surface area contributed by atoms with Crippen LogP contribution in [0.5, 0.6) is 11.5 Å². The number of aliphatic hydroxyl groups excluding tert-OH is 1. The van der Waals surface area contributed by atoms with Gasteiger partial charge in [-0.3, -0.25) is 4.90 Å². The Morgan fingerprint density at radius 3 is 2.96 bits per heavy atom. The van der Waals surface area contributed by atoms with E-state index in [0.29, 0.717) is 12.3 Å². The smallest absolute Gasteiger partial charge is 0.231 e. The van der Waals surface area contributed by atoms with E-state index in [1.807, 2.05) is 18.2 Å². The first-order valence-corrected chi connectivity index (χ1v) is 9.60. The molecule has 0 amide bonds. The molecule has 1 aromatic heterocycles. The van der Waals surface area contributed by atoms with Crippen molar-refractivity contribution < 1.29 is 19.3 Å². The molecule has 1 N–H and O–H groups in total. The predicted octanol–water partition coefficient (Wildman–Crippen LogP) is 3.19. The van der Waals surface area contributed by atoms with Crippen LogP contribution in [0.4, 0.5) is 0 Å². The van der Waals surface area contributed by atoms with Crippen molar-refractivity contribution in [2.24, 2.45) is 0 Å². The highest BCUT2D eigenvalue weighted by atomic mass is 32.1. The number of rotatable bonds is 7. The maximum absolute atomic E-state index is 10.7. The fraction of sp³-hybridized carbons (Fsp3) is 0.474. The normalized spacial score (nSPS) is 20.3. The van der Waals surface area contributed by atoms with Crippen molar-refractivity contribution in [3.8, 4) is 11.5 Å². The van der Waals surface area contributed by atoms with Gasteiger partial charge in [0.25, 0.3) is 0 Å². The van der Waals surface area contributed by atoms with Gasteiger partial charge >= 0.3 is 0 Å². The van der Waals surface area contributed by atoms with Crippen molar-refractivity contribution in [1.82, 2.24) is 4.90 Å². The first-order chi connectivity index (χ1) is 12.3. The van der Waals surface area contributed by atoms with E-state index in [1.54, 1.807) is 11.3 Å². The molecule has 1 saturated heterocycles. The van der Waals surface area contributed by atoms with Crippen LogP contribution < -0.4 is 9.47 Å². The van der Waals surface area contributed by atoms with E-state index >= 15 is 0 Å². The molecule has 134 valence electrons. The van der Waals surface area contributed by atoms with Gasteiger partial charge in [0.2, 0.25) is 6.79 Å². The summed E-state index contributed by atoms with van der Waals surface area (Å²) in [5, 5.41) is 12.8. The second-order valence-electron chi connectivity index (χ2n) is 6.54. The minimum absolute atomic E-state index is 0.248. The molecule has 25 heavy (non-hydrogen) atoms. The van der Waals surface area contributed by atoms with Gasteiger partial charge in [0.05, 0.1) is 12.2 Å². The summed E-state index contributed by atoms with van der Waals surface area (Å²) >= 11 is 1.75. The Balaban J connectivity index is 1.44. The standard InChI is InChI=1S/C19H23NO4S/c21-17(14-5-6-18-19(9-14)24-13-23-18)12-20(10-15-3-1-7-22-15)11-16-4-2-8-25-16/h2,4-6,8-9,15,17,21H,1,3,7,10-13H2/t15-,17-/m1/s1. The minimum atomic E-state index is -0.573. The highest BCUT2D eigenvalue weighted by Gasteiger charge is 2.23. The average molecular weight is 361 g/mol. The SMILES string of the molecule is O[C@H](CN(Cc1cccs1)C[C@H]1CCCO1)c1ccc2c(c1)OCO2. The third kappa shape index (κ3) is 4.15. The molecule has 1 fully saturated rings. The van der Waals surface area contributed by atoms with Crippen LogP contribution in [0.15, 0.2) is 35.7 Å². The summed E-state index contributed by atoms with van der Waals surface area (Å²) in [5.74, 6) is 1.45. The van der Waals surface area contributed by atoms with Crippen molar-refractivity contribution in [1.29, 1.82) is 0 Å². The molecule has 3 heterocycles. The molecule has 0 bridgehead atoms. The van der Waals surface area contributed by atoms with Gasteiger partial charge in [0.1, 0.15) is 0 Å². The van der Waals surface area contributed by atoms with Gasteiger partial charge in [0.15, 0.2) is 11.5 Å². The Morgan fingerprint density at radius 1 is 1.24 bits per heavy atom. The summed E-state index contributed by atoms with van der Waals surface area (Å²) in [7, 11) is 0. The van der Waals surface area contributed by atoms with Crippen LogP contribution in [0.2, 0.25) is 0 Å². The fourth-order valence-corrected chi connectivity index (χ4v) is 4.12. The highest BCUT2D eigenvalue weighted by Crippen LogP contribution is 2.34. The molecule has 4 rings (SSSR count). The molecular weight excluding hydrogens is 338 g/mol. The Hall–Kier alpha value is -1.60. The average Bonchev–Trinajstić information content (AvgIpc) is 3.36. The number of thiophene rings is 1. The number of hydrogen-bond donors (Lipinski definition) is 1. The molecule has 0 unspecified atom stereocenters. The van der Waals surface area contributed by atoms with Crippen molar-refractivity contribution in [2.75, 3.05) is 26.5 Å². The molecule has 2 aliphatic heterocycles. The molecule has 0 radical (unpaired) electrons. The zero-order chi connectivity index (χ0) is 17.1. The second kappa shape index (κ2) is 7.74. The van der Waals surface area contributed by atoms with Crippen LogP contribution in [0.1, 0.15) is 29.4 Å². The van der Waals surface area contributed by atoms with Gasteiger partial charge in [-0.2, -0.15) is 0 Å². The lowest BCUT2D eigenvalue weighted by Gasteiger charge is -2.27. The molecule has 0 aliphatic carbocycles. The summed E-state index contributed by atoms with van der Waals surface area (Å²) in [4.78, 5) is 3.59. The second-order valence-corrected chi connectivity index (χ2v) is 7.57. The molecule has 2 aromatic rings. The Morgan fingerprint density at radius 2 is 2.16 bits per heavy atom. The van der Waals surface area contributed by atoms with Crippen LogP contribution in [0, 0.1) is 0 Å². The zero-order valence-corrected chi connectivity index (χ0v) is 14.9. The van der Waals surface area contributed by atoms with Gasteiger partial charge in [-0.05, 0) is 42.0 Å². The van der Waals surface area contributed by atoms with Crippen molar-refractivity contribution in [3.05, 3.63) is 46.2 Å². The third-order valence-electron chi connectivity index (χ3n) is 4.66. The van der Waals surface area contributed by atoms with Gasteiger partial charge in [-0.25, -0.2) is 0 Å². The van der Waals surface area contributed by atoms with Gasteiger partial charge in [-0.15, -0.1) is 11.3 Å². The first kappa shape index (κ1) is 16.8. The van der Waals surface area contributed by atoms with E-state index in [-0.39, 0.29) is 12.9 Å². The summed E-state index contributed by atoms with van der Waals surface area (Å²) < 4.78 is 16.6. The monoisotopic (exact) mass is 361 g/mol. The Kier molecular flexibility index (Phi) is 5.22. The molecule has 0 saturated carbocycles. The molecule has 2 aliphatic rings. The van der Waals surface area contributed by atoms with Crippen LogP contribution in [0.25, 0.3) is 0 Å². The van der Waals surface area contributed by atoms with Crippen LogP contribution in [0.3, 0.4) is 0 Å². The topological polar surface area (TPSA) is 51.2 Å². The quantitative estimate of drug-likeness (QED) is 0.821. The van der Waals surface area contributed by atoms with E-state index in [4.69, 9.17) is 14.2 Å². The molecule has 5 nitrogen and oxygen atoms in total. The van der Waals surface area contributed by atoms with Crippen LogP contribution in [-0.2, 0) is 11.3 Å². The first-order valence-electron chi connectivity index (χ1n) is 8.72. The Labute approximate surface area is 151 Å². The number of fused-ring (bicyclic) bond motifs is 1. The largest absolute Gasteiger partial charge is 0.454 e. The molecule has 2 atom stereocenters. The maximum atomic E-state index is 10.7. The number of ether oxygens (including phenoxy) is 3. The molecule has 6 heteroatoms. The zero-order valence-electron chi connectivity index (χ0n) is 14.1. The van der Waals surface area contributed by atoms with E-state index < -0.39 is 6.10 Å². The van der Waals surface area contributed by atoms with E-state index in [9.17, 15) is 5.11 Å². The Bertz CT molecular complexity index is 685. The lowest BCUT2D eigenvalue weighted by molar-refractivity contribution is 0.0464. The number of nitrogens with zero attached hydrogens (tertiary/aromatic N) is 1. The van der Waals surface area contributed by atoms with E-state index in [1.165, 1.54) is 4.88 Å². The highest BCUT2D eigenvalue weighted by molar-refractivity contribution is 7.09. The lowest BCUT2D eigenvalue weighted by Crippen LogP contribution is -2.34. The van der Waals surface area contributed by atoms with Gasteiger partial charge in [0, 0.05) is 31.1 Å². The molecule has 0 spiro atoms. The van der Waals surface area contributed by atoms with E-state index in [2.05, 4.69) is 22.4 Å². The minimum Gasteiger partial charge on any atom is -0.454 e. The van der Waals surface area contributed by atoms with Gasteiger partial charge in [-0.1, -0.05) is 12.1 Å². The molecular formula is C19H23NO4S. The maximum Gasteiger partial charge on any atom is 0.231 e. The number of benzene rings is 1. The fourth-order valence-electron chi connectivity index (χ4n) is 3.37.